The second kappa shape index (κ2) is 19.5. The third-order valence-electron chi connectivity index (χ3n) is 11.6. The quantitative estimate of drug-likeness (QED) is 0.173. The maximum Gasteiger partial charge on any atom is 0.246 e. The van der Waals surface area contributed by atoms with Gasteiger partial charge in [0.15, 0.2) is 0 Å². The topological polar surface area (TPSA) is 214 Å². The smallest absolute Gasteiger partial charge is 0.246 e. The van der Waals surface area contributed by atoms with Crippen molar-refractivity contribution in [2.45, 2.75) is 76.4 Å². The van der Waals surface area contributed by atoms with Gasteiger partial charge in [-0.1, -0.05) is 69.3 Å². The van der Waals surface area contributed by atoms with E-state index >= 15 is 0 Å². The van der Waals surface area contributed by atoms with Crippen molar-refractivity contribution < 1.29 is 37.9 Å². The van der Waals surface area contributed by atoms with Gasteiger partial charge in [-0.25, -0.2) is 0 Å². The van der Waals surface area contributed by atoms with Crippen molar-refractivity contribution >= 4 is 35.4 Å². The predicted octanol–water partition coefficient (Wildman–Crippen LogP) is 1.75. The number of carbonyl (C=O) groups is 6. The highest BCUT2D eigenvalue weighted by Gasteiger charge is 2.71. The fraction of sp³-hybridized carbons (Fsp3) is 0.467. The Labute approximate surface area is 350 Å². The van der Waals surface area contributed by atoms with Crippen molar-refractivity contribution in [1.82, 2.24) is 31.5 Å². The summed E-state index contributed by atoms with van der Waals surface area (Å²) in [5.41, 5.74) is 7.81. The van der Waals surface area contributed by atoms with Gasteiger partial charge >= 0.3 is 0 Å². The Morgan fingerprint density at radius 1 is 0.933 bits per heavy atom. The molecule has 1 spiro atoms. The summed E-state index contributed by atoms with van der Waals surface area (Å²) in [6.45, 7) is 8.06. The van der Waals surface area contributed by atoms with Gasteiger partial charge < -0.3 is 46.4 Å². The zero-order valence-corrected chi connectivity index (χ0v) is 34.6. The van der Waals surface area contributed by atoms with Gasteiger partial charge in [0.05, 0.1) is 31.3 Å². The maximum atomic E-state index is 14.8. The van der Waals surface area contributed by atoms with E-state index < -0.39 is 47.0 Å². The van der Waals surface area contributed by atoms with E-state index in [4.69, 9.17) is 14.9 Å². The molecular weight excluding hydrogens is 767 g/mol. The van der Waals surface area contributed by atoms with Gasteiger partial charge in [0.2, 0.25) is 35.4 Å². The van der Waals surface area contributed by atoms with Crippen LogP contribution in [0.25, 0.3) is 0 Å². The Morgan fingerprint density at radius 3 is 2.42 bits per heavy atom. The molecule has 2 fully saturated rings. The molecule has 3 aromatic rings. The first-order chi connectivity index (χ1) is 28.8. The van der Waals surface area contributed by atoms with Crippen LogP contribution in [0.2, 0.25) is 0 Å². The highest BCUT2D eigenvalue weighted by molar-refractivity contribution is 5.98. The van der Waals surface area contributed by atoms with Crippen LogP contribution in [0.1, 0.15) is 67.5 Å². The predicted molar refractivity (Wildman–Crippen MR) is 223 cm³/mol. The summed E-state index contributed by atoms with van der Waals surface area (Å²) < 4.78 is 11.0. The molecule has 1 aliphatic carbocycles. The molecule has 7 N–H and O–H groups in total. The van der Waals surface area contributed by atoms with Crippen molar-refractivity contribution in [3.05, 3.63) is 107 Å². The number of amides is 6. The molecule has 5 atom stereocenters. The van der Waals surface area contributed by atoms with Crippen LogP contribution in [0, 0.1) is 11.3 Å². The largest absolute Gasteiger partial charge is 0.469 e. The van der Waals surface area contributed by atoms with Gasteiger partial charge in [-0.2, -0.15) is 0 Å². The number of benzene rings is 2. The molecule has 320 valence electrons. The normalized spacial score (nSPS) is 24.9. The molecule has 0 radical (unpaired) electrons. The zero-order valence-electron chi connectivity index (χ0n) is 34.6. The number of nitrogens with zero attached hydrogens (tertiary/aromatic N) is 1. The molecule has 15 heteroatoms. The second-order valence-corrected chi connectivity index (χ2v) is 16.7. The van der Waals surface area contributed by atoms with Crippen LogP contribution in [0.4, 0.5) is 0 Å². The lowest BCUT2D eigenvalue weighted by molar-refractivity contribution is -0.136. The summed E-state index contributed by atoms with van der Waals surface area (Å²) in [6.07, 6.45) is 4.40. The number of nitrogens with one attached hydrogen (secondary N) is 5. The molecule has 1 saturated carbocycles. The van der Waals surface area contributed by atoms with Crippen LogP contribution < -0.4 is 32.3 Å². The number of ether oxygens (including phenoxy) is 1. The lowest BCUT2D eigenvalue weighted by Crippen LogP contribution is -2.53. The van der Waals surface area contributed by atoms with Crippen LogP contribution in [-0.4, -0.2) is 98.4 Å². The molecule has 2 unspecified atom stereocenters. The van der Waals surface area contributed by atoms with Gasteiger partial charge in [-0.05, 0) is 58.6 Å². The number of carbonyl (C=O) groups excluding carboxylic acids is 6. The third-order valence-corrected chi connectivity index (χ3v) is 11.6. The first-order valence-electron chi connectivity index (χ1n) is 20.7. The molecule has 15 nitrogen and oxygen atoms in total. The maximum absolute atomic E-state index is 14.8. The fourth-order valence-electron chi connectivity index (χ4n) is 8.37. The number of fused-ring (bicyclic) bond motifs is 2. The molecule has 6 amide bonds. The van der Waals surface area contributed by atoms with Crippen molar-refractivity contribution in [1.29, 1.82) is 0 Å². The van der Waals surface area contributed by atoms with Crippen LogP contribution in [0.5, 0.6) is 0 Å². The van der Waals surface area contributed by atoms with E-state index in [0.29, 0.717) is 43.0 Å². The molecule has 6 rings (SSSR count). The monoisotopic (exact) mass is 823 g/mol. The Kier molecular flexibility index (Phi) is 14.2. The average molecular weight is 824 g/mol. The first kappa shape index (κ1) is 43.8. The van der Waals surface area contributed by atoms with E-state index in [0.717, 1.165) is 17.2 Å². The minimum absolute atomic E-state index is 0.0194. The van der Waals surface area contributed by atoms with E-state index in [9.17, 15) is 28.8 Å². The number of hydrogen-bond acceptors (Lipinski definition) is 9. The summed E-state index contributed by atoms with van der Waals surface area (Å²) in [7, 11) is 0. The summed E-state index contributed by atoms with van der Waals surface area (Å²) in [5, 5.41) is 14.3. The molecule has 3 aliphatic rings. The molecule has 1 aromatic heterocycles. The van der Waals surface area contributed by atoms with Crippen molar-refractivity contribution in [3.63, 3.8) is 0 Å². The van der Waals surface area contributed by atoms with Crippen molar-refractivity contribution in [3.8, 4) is 0 Å². The van der Waals surface area contributed by atoms with Gasteiger partial charge in [-0.3, -0.25) is 28.8 Å². The van der Waals surface area contributed by atoms with Crippen LogP contribution >= 0.6 is 0 Å². The zero-order chi connectivity index (χ0) is 42.9. The van der Waals surface area contributed by atoms with Gasteiger partial charge in [0.25, 0.3) is 0 Å². The minimum atomic E-state index is -1.04. The minimum Gasteiger partial charge on any atom is -0.469 e. The van der Waals surface area contributed by atoms with Crippen LogP contribution in [0.15, 0.2) is 83.5 Å². The second-order valence-electron chi connectivity index (χ2n) is 16.7. The number of hydrogen-bond donors (Lipinski definition) is 6. The molecule has 60 heavy (non-hydrogen) atoms. The summed E-state index contributed by atoms with van der Waals surface area (Å²) >= 11 is 0. The van der Waals surface area contributed by atoms with Crippen molar-refractivity contribution in [2.24, 2.45) is 17.1 Å². The molecule has 2 bridgehead atoms. The van der Waals surface area contributed by atoms with Crippen LogP contribution in [0.3, 0.4) is 0 Å². The Bertz CT molecular complexity index is 2040. The summed E-state index contributed by atoms with van der Waals surface area (Å²) in [4.78, 5) is 83.8. The average Bonchev–Trinajstić information content (AvgIpc) is 3.63. The highest BCUT2D eigenvalue weighted by Crippen LogP contribution is 2.68. The summed E-state index contributed by atoms with van der Waals surface area (Å²) in [5.74, 6) is -2.50. The molecule has 3 heterocycles. The highest BCUT2D eigenvalue weighted by atomic mass is 16.5. The Balaban J connectivity index is 1.29. The van der Waals surface area contributed by atoms with E-state index in [1.807, 2.05) is 0 Å². The van der Waals surface area contributed by atoms with Gasteiger partial charge in [0, 0.05) is 63.8 Å². The first-order valence-corrected chi connectivity index (χ1v) is 20.7. The van der Waals surface area contributed by atoms with Gasteiger partial charge in [-0.15, -0.1) is 0 Å². The molecule has 1 saturated heterocycles. The number of rotatable bonds is 9. The molecule has 2 aliphatic heterocycles. The Morgan fingerprint density at radius 2 is 1.70 bits per heavy atom. The number of piperidine rings is 1. The van der Waals surface area contributed by atoms with E-state index in [1.165, 1.54) is 12.3 Å². The molecular formula is C45H57N7O8. The Hall–Kier alpha value is -5.80. The van der Waals surface area contributed by atoms with Crippen molar-refractivity contribution in [2.75, 3.05) is 45.9 Å². The van der Waals surface area contributed by atoms with E-state index in [2.05, 4.69) is 71.6 Å². The number of furan rings is 1. The SMILES string of the molecule is CC(C)(C)c1ccc(C2C3CCN4C[C@@]32C(=O)N[C@@H](Cc2ccco2)C(=O)NCc2ccccc2CC(=O)N[C@H](C(=O)NCCOCCN)CCNC(=O)/C=C/C4=O)cc1. The fourth-order valence-corrected chi connectivity index (χ4v) is 8.37. The lowest BCUT2D eigenvalue weighted by Gasteiger charge is -2.32. The van der Waals surface area contributed by atoms with Gasteiger partial charge in [0.1, 0.15) is 17.8 Å². The summed E-state index contributed by atoms with van der Waals surface area (Å²) in [6, 6.07) is 16.8. The third kappa shape index (κ3) is 10.7. The van der Waals surface area contributed by atoms with E-state index in [1.54, 1.807) is 41.3 Å². The number of nitrogens with two attached hydrogens (primary N) is 1. The lowest BCUT2D eigenvalue weighted by atomic mass is 9.86. The van der Waals surface area contributed by atoms with Crippen LogP contribution in [-0.2, 0) is 58.3 Å². The molecule has 2 aromatic carbocycles. The van der Waals surface area contributed by atoms with E-state index in [-0.39, 0.29) is 75.2 Å². The standard InChI is InChI=1S/C45H57N7O8/c1-44(2,3)32-12-10-29(11-13-32)40-34-17-21-52-28-45(34,40)43(58)51-36(26-33-9-6-22-60-33)42(57)49-27-31-8-5-4-7-30(31)25-38(54)50-35(41(56)48-20-24-59-23-18-46)16-19-47-37(53)14-15-39(52)55/h4-15,22,34-36,40H,16-21,23-28,46H2,1-3H3,(H,47,53)(H,48,56)(H,49,57)(H,50,54)(H,51,58)/b15-14+/t34?,35-,36-,40?,45+/m0/s1.